The molecule has 486 valence electrons. The summed E-state index contributed by atoms with van der Waals surface area (Å²) in [5.41, 5.74) is 0. The normalized spacial score (nSPS) is 26.9. The third-order valence-electron chi connectivity index (χ3n) is 15.9. The quantitative estimate of drug-likeness (QED) is 0.148. The van der Waals surface area contributed by atoms with Gasteiger partial charge in [0.1, 0.15) is 60.4 Å². The number of hydrogen-bond donors (Lipinski definition) is 5. The van der Waals surface area contributed by atoms with E-state index in [1.165, 1.54) is 94.6 Å². The lowest BCUT2D eigenvalue weighted by Crippen LogP contribution is -2.63. The van der Waals surface area contributed by atoms with E-state index in [2.05, 4.69) is 21.3 Å². The molecule has 0 unspecified atom stereocenters. The number of nitrogens with one attached hydrogen (secondary N) is 4. The van der Waals surface area contributed by atoms with Gasteiger partial charge in [0, 0.05) is 49.3 Å². The maximum Gasteiger partial charge on any atom is 0.246 e. The fraction of sp³-hybridized carbons (Fsp3) is 0.790. The van der Waals surface area contributed by atoms with Crippen molar-refractivity contribution in [2.75, 3.05) is 55.9 Å². The molecule has 0 radical (unpaired) electrons. The number of aliphatic hydroxyl groups is 1. The monoisotopic (exact) mass is 1200 g/mol. The van der Waals surface area contributed by atoms with E-state index < -0.39 is 156 Å². The lowest BCUT2D eigenvalue weighted by molar-refractivity contribution is -0.157. The van der Waals surface area contributed by atoms with Crippen molar-refractivity contribution in [1.82, 2.24) is 55.6 Å². The van der Waals surface area contributed by atoms with Crippen molar-refractivity contribution < 1.29 is 57.8 Å². The number of nitrogens with zero attached hydrogens (tertiary/aromatic N) is 7. The zero-order valence-electron chi connectivity index (χ0n) is 56.1. The van der Waals surface area contributed by atoms with Gasteiger partial charge in [-0.1, -0.05) is 109 Å². The molecule has 0 saturated carbocycles. The first-order chi connectivity index (χ1) is 39.2. The standard InChI is InChI=1S/C62H111N11O12/c1-25-26-27-28-40(14)52(75)51-56(79)65-42(16)57(80)67(18)33-48(74)68(19)44(29-34(2)3)55(78)66-49(38(10)11)61(84)69(20)45(30-35(4)5)54(77)63-41(15)53(76)64-43(17)58(81)70(21)46(31-36(6)7)59(82)71(22)47(32-37(8)9)60(83)72(23)50(39(12)13)62(85)73(51)24/h26-27,34-47,49-52,75H,25,28-33H2,1-24H3,(H,63,77)(H,64,76)(H,65,79)(H,66,78)/b27-26+/t40-,41+,42+,43-,44-,45-,46+,47+,49-,50+,51+,52-/m1/s1. The molecule has 0 aromatic heterocycles. The summed E-state index contributed by atoms with van der Waals surface area (Å²) in [7, 11) is 9.88. The van der Waals surface area contributed by atoms with Crippen molar-refractivity contribution in [3.63, 3.8) is 0 Å². The molecule has 0 spiro atoms. The molecule has 11 amide bonds. The largest absolute Gasteiger partial charge is 0.390 e. The average molecular weight is 1200 g/mol. The van der Waals surface area contributed by atoms with Crippen molar-refractivity contribution in [1.29, 1.82) is 0 Å². The summed E-state index contributed by atoms with van der Waals surface area (Å²) in [6.07, 6.45) is 3.91. The fourth-order valence-electron chi connectivity index (χ4n) is 10.6. The Kier molecular flexibility index (Phi) is 31.5. The first-order valence-electron chi connectivity index (χ1n) is 30.6. The van der Waals surface area contributed by atoms with E-state index in [1.807, 2.05) is 74.5 Å². The molecule has 1 saturated heterocycles. The molecule has 23 heteroatoms. The van der Waals surface area contributed by atoms with Gasteiger partial charge in [0.05, 0.1) is 12.6 Å². The first kappa shape index (κ1) is 76.9. The van der Waals surface area contributed by atoms with E-state index in [-0.39, 0.29) is 49.4 Å². The van der Waals surface area contributed by atoms with Crippen molar-refractivity contribution >= 4 is 65.0 Å². The molecule has 1 rings (SSSR count). The highest BCUT2D eigenvalue weighted by atomic mass is 16.3. The smallest absolute Gasteiger partial charge is 0.246 e. The van der Waals surface area contributed by atoms with Crippen LogP contribution in [-0.2, 0) is 52.7 Å². The second kappa shape index (κ2) is 34.9. The predicted octanol–water partition coefficient (Wildman–Crippen LogP) is 3.27. The molecule has 0 aromatic carbocycles. The van der Waals surface area contributed by atoms with Crippen LogP contribution < -0.4 is 21.3 Å². The number of allylic oxidation sites excluding steroid dienone is 2. The van der Waals surface area contributed by atoms with Gasteiger partial charge in [-0.25, -0.2) is 0 Å². The van der Waals surface area contributed by atoms with E-state index in [4.69, 9.17) is 0 Å². The minimum absolute atomic E-state index is 0.129. The van der Waals surface area contributed by atoms with Crippen LogP contribution in [0.5, 0.6) is 0 Å². The van der Waals surface area contributed by atoms with Gasteiger partial charge in [-0.3, -0.25) is 52.7 Å². The molecular formula is C62H111N11O12. The number of rotatable bonds is 15. The summed E-state index contributed by atoms with van der Waals surface area (Å²) in [4.78, 5) is 168. The Morgan fingerprint density at radius 1 is 0.424 bits per heavy atom. The van der Waals surface area contributed by atoms with Crippen LogP contribution in [0.25, 0.3) is 0 Å². The summed E-state index contributed by atoms with van der Waals surface area (Å²) >= 11 is 0. The Hall–Kier alpha value is -6.13. The van der Waals surface area contributed by atoms with Crippen molar-refractivity contribution in [2.24, 2.45) is 41.4 Å². The molecule has 0 bridgehead atoms. The van der Waals surface area contributed by atoms with Crippen LogP contribution in [0.3, 0.4) is 0 Å². The van der Waals surface area contributed by atoms with Crippen LogP contribution in [0, 0.1) is 41.4 Å². The van der Waals surface area contributed by atoms with Crippen LogP contribution in [0.2, 0.25) is 0 Å². The molecule has 23 nitrogen and oxygen atoms in total. The number of carbonyl (C=O) groups is 11. The van der Waals surface area contributed by atoms with Gasteiger partial charge in [-0.15, -0.1) is 0 Å². The topological polar surface area (TPSA) is 279 Å². The number of hydrogen-bond acceptors (Lipinski definition) is 12. The summed E-state index contributed by atoms with van der Waals surface area (Å²) in [5.74, 6) is -9.77. The van der Waals surface area contributed by atoms with Crippen LogP contribution in [0.1, 0.15) is 156 Å². The lowest BCUT2D eigenvalue weighted by Gasteiger charge is -2.41. The van der Waals surface area contributed by atoms with Gasteiger partial charge in [0.15, 0.2) is 0 Å². The van der Waals surface area contributed by atoms with E-state index >= 15 is 9.59 Å². The molecule has 12 atom stereocenters. The molecule has 1 fully saturated rings. The zero-order valence-corrected chi connectivity index (χ0v) is 56.1. The van der Waals surface area contributed by atoms with Gasteiger partial charge >= 0.3 is 0 Å². The Labute approximate surface area is 508 Å². The molecule has 0 aromatic rings. The Balaban J connectivity index is 4.29. The second-order valence-corrected chi connectivity index (χ2v) is 26.2. The molecule has 0 aliphatic carbocycles. The second-order valence-electron chi connectivity index (χ2n) is 26.2. The van der Waals surface area contributed by atoms with Gasteiger partial charge in [-0.2, -0.15) is 0 Å². The zero-order chi connectivity index (χ0) is 66.0. The van der Waals surface area contributed by atoms with Crippen molar-refractivity contribution in [3.8, 4) is 0 Å². The summed E-state index contributed by atoms with van der Waals surface area (Å²) < 4.78 is 0. The van der Waals surface area contributed by atoms with Gasteiger partial charge < -0.3 is 60.7 Å². The molecular weight excluding hydrogens is 1090 g/mol. The van der Waals surface area contributed by atoms with Gasteiger partial charge in [0.2, 0.25) is 65.0 Å². The SMILES string of the molecule is CC/C=C/C[C@@H](C)[C@@H](O)[C@H]1C(=O)N[C@@H](C)C(=O)N(C)CC(=O)N(C)[C@H](CC(C)C)C(=O)N[C@H](C(C)C)C(=O)N(C)[C@H](CC(C)C)C(=O)N[C@@H](C)C(=O)N[C@H](C)C(=O)N(C)[C@@H](CC(C)C)C(=O)N(C)[C@@H](CC(C)C)C(=O)N(C)[C@@H](C(C)C)C(=O)N1C. The van der Waals surface area contributed by atoms with E-state index in [1.54, 1.807) is 34.6 Å². The van der Waals surface area contributed by atoms with Gasteiger partial charge in [0.25, 0.3) is 0 Å². The Morgan fingerprint density at radius 2 is 0.812 bits per heavy atom. The predicted molar refractivity (Wildman–Crippen MR) is 328 cm³/mol. The maximum atomic E-state index is 15.1. The van der Waals surface area contributed by atoms with E-state index in [0.717, 1.165) is 9.80 Å². The molecule has 5 N–H and O–H groups in total. The van der Waals surface area contributed by atoms with Crippen LogP contribution >= 0.6 is 0 Å². The number of likely N-dealkylation sites (N-methyl/N-ethyl adjacent to an activating group) is 7. The van der Waals surface area contributed by atoms with Crippen LogP contribution in [0.15, 0.2) is 12.2 Å². The maximum absolute atomic E-state index is 15.1. The van der Waals surface area contributed by atoms with Gasteiger partial charge in [-0.05, 0) is 101 Å². The van der Waals surface area contributed by atoms with Crippen LogP contribution in [0.4, 0.5) is 0 Å². The molecule has 1 aliphatic heterocycles. The number of amides is 11. The highest BCUT2D eigenvalue weighted by Gasteiger charge is 2.45. The van der Waals surface area contributed by atoms with E-state index in [0.29, 0.717) is 12.8 Å². The van der Waals surface area contributed by atoms with Crippen molar-refractivity contribution in [2.45, 2.75) is 223 Å². The molecule has 85 heavy (non-hydrogen) atoms. The minimum atomic E-state index is -1.61. The Morgan fingerprint density at radius 3 is 1.27 bits per heavy atom. The Bertz CT molecular complexity index is 2330. The van der Waals surface area contributed by atoms with Crippen molar-refractivity contribution in [3.05, 3.63) is 12.2 Å². The average Bonchev–Trinajstić information content (AvgIpc) is 3.28. The number of carbonyl (C=O) groups excluding carboxylic acids is 11. The van der Waals surface area contributed by atoms with E-state index in [9.17, 15) is 48.3 Å². The summed E-state index contributed by atoms with van der Waals surface area (Å²) in [6.45, 7) is 29.2. The highest BCUT2D eigenvalue weighted by molar-refractivity contribution is 5.99. The molecule has 1 heterocycles. The van der Waals surface area contributed by atoms with Crippen LogP contribution in [-0.4, -0.2) is 227 Å². The first-order valence-corrected chi connectivity index (χ1v) is 30.6. The lowest BCUT2D eigenvalue weighted by atomic mass is 9.91. The minimum Gasteiger partial charge on any atom is -0.390 e. The summed E-state index contributed by atoms with van der Waals surface area (Å²) in [5, 5.41) is 23.0. The summed E-state index contributed by atoms with van der Waals surface area (Å²) in [6, 6.07) is -12.4. The third-order valence-corrected chi connectivity index (χ3v) is 15.9. The highest BCUT2D eigenvalue weighted by Crippen LogP contribution is 2.25. The number of aliphatic hydroxyl groups excluding tert-OH is 1. The molecule has 1 aliphatic rings. The fourth-order valence-corrected chi connectivity index (χ4v) is 10.6. The third kappa shape index (κ3) is 22.0.